The zero-order chi connectivity index (χ0) is 40.9. The van der Waals surface area contributed by atoms with Crippen molar-refractivity contribution in [2.45, 2.75) is 0 Å². The lowest BCUT2D eigenvalue weighted by Gasteiger charge is -2.13. The molecule has 0 bridgehead atoms. The van der Waals surface area contributed by atoms with Crippen molar-refractivity contribution in [2.24, 2.45) is 0 Å². The summed E-state index contributed by atoms with van der Waals surface area (Å²) in [5.74, 6) is 2.96. The monoisotopic (exact) mass is 784 g/mol. The Hall–Kier alpha value is -8.49. The van der Waals surface area contributed by atoms with E-state index in [1.165, 1.54) is 10.8 Å². The van der Waals surface area contributed by atoms with Gasteiger partial charge in [-0.05, 0) is 48.5 Å². The molecule has 0 atom stereocenters. The van der Waals surface area contributed by atoms with Crippen molar-refractivity contribution in [1.82, 2.24) is 38.9 Å². The lowest BCUT2D eigenvalue weighted by atomic mass is 10.1. The molecule has 11 aromatic rings. The maximum Gasteiger partial charge on any atom is 0.238 e. The molecule has 61 heavy (non-hydrogen) atoms. The molecular formula is C53H36N8. The minimum Gasteiger partial charge on any atom is -0.309 e. The van der Waals surface area contributed by atoms with Crippen molar-refractivity contribution in [3.05, 3.63) is 213 Å². The summed E-state index contributed by atoms with van der Waals surface area (Å²) in [4.78, 5) is 15.1. The topological polar surface area (TPSA) is 79.2 Å². The highest BCUT2D eigenvalue weighted by molar-refractivity contribution is 6.11. The fraction of sp³-hybridized carbons (Fsp3) is 0. The van der Waals surface area contributed by atoms with Crippen molar-refractivity contribution in [3.8, 4) is 51.5 Å². The normalized spacial score (nSPS) is 11.8. The van der Waals surface area contributed by atoms with Gasteiger partial charge in [0, 0.05) is 55.2 Å². The summed E-state index contributed by atoms with van der Waals surface area (Å²) in [6, 6.07) is 60.7. The van der Waals surface area contributed by atoms with Gasteiger partial charge in [0.05, 0.1) is 22.1 Å². The molecule has 11 rings (SSSR count). The van der Waals surface area contributed by atoms with Gasteiger partial charge in [0.25, 0.3) is 0 Å². The lowest BCUT2D eigenvalue weighted by molar-refractivity contribution is 0.932. The van der Waals surface area contributed by atoms with Crippen molar-refractivity contribution < 1.29 is 0 Å². The maximum absolute atomic E-state index is 5.12. The van der Waals surface area contributed by atoms with Crippen LogP contribution in [0.2, 0.25) is 0 Å². The Morgan fingerprint density at radius 3 is 1.49 bits per heavy atom. The van der Waals surface area contributed by atoms with Gasteiger partial charge in [-0.15, -0.1) is 10.2 Å². The second kappa shape index (κ2) is 14.7. The molecule has 0 radical (unpaired) electrons. The van der Waals surface area contributed by atoms with Gasteiger partial charge in [-0.1, -0.05) is 159 Å². The van der Waals surface area contributed by atoms with Crippen LogP contribution in [0.4, 0.5) is 0 Å². The second-order valence-corrected chi connectivity index (χ2v) is 14.7. The average Bonchev–Trinajstić information content (AvgIpc) is 4.02. The number of hydrogen-bond acceptors (Lipinski definition) is 5. The summed E-state index contributed by atoms with van der Waals surface area (Å²) in [5, 5.41) is 14.4. The summed E-state index contributed by atoms with van der Waals surface area (Å²) in [6.07, 6.45) is 5.32. The molecule has 0 saturated heterocycles. The summed E-state index contributed by atoms with van der Waals surface area (Å²) in [7, 11) is 0. The highest BCUT2D eigenvalue weighted by Crippen LogP contribution is 2.38. The van der Waals surface area contributed by atoms with E-state index in [4.69, 9.17) is 25.1 Å². The van der Waals surface area contributed by atoms with Crippen molar-refractivity contribution in [3.63, 3.8) is 0 Å². The first-order chi connectivity index (χ1) is 30.2. The smallest absolute Gasteiger partial charge is 0.238 e. The van der Waals surface area contributed by atoms with E-state index < -0.39 is 0 Å². The number of fused-ring (bicyclic) bond motifs is 6. The van der Waals surface area contributed by atoms with Crippen LogP contribution in [0, 0.1) is 0 Å². The van der Waals surface area contributed by atoms with Gasteiger partial charge in [-0.3, -0.25) is 9.13 Å². The molecule has 0 aliphatic carbocycles. The van der Waals surface area contributed by atoms with Crippen LogP contribution in [-0.2, 0) is 0 Å². The standard InChI is InChI=1S/C53H36N8/c1-3-18-35(4-2)49-54-50(36-19-8-5-9-20-36)56-53(55-49)61-46-28-17-15-26-42(46)44-32-30-38(34-48(44)61)52-58-57-51(60(52)40-23-12-7-13-24-40)37-29-31-43-41-25-14-16-27-45(41)59(47(43)33-37)39-21-10-6-11-22-39/h3-34H,1-2H2/b35-18+. The first-order valence-corrected chi connectivity index (χ1v) is 20.1. The molecule has 0 fully saturated rings. The Balaban J connectivity index is 1.14. The van der Waals surface area contributed by atoms with E-state index in [9.17, 15) is 0 Å². The molecule has 0 N–H and O–H groups in total. The Morgan fingerprint density at radius 1 is 0.426 bits per heavy atom. The summed E-state index contributed by atoms with van der Waals surface area (Å²) in [6.45, 7) is 7.98. The van der Waals surface area contributed by atoms with Crippen molar-refractivity contribution in [2.75, 3.05) is 0 Å². The number of hydrogen-bond donors (Lipinski definition) is 0. The summed E-state index contributed by atoms with van der Waals surface area (Å²) < 4.78 is 6.59. The van der Waals surface area contributed by atoms with Crippen LogP contribution in [0.5, 0.6) is 0 Å². The highest BCUT2D eigenvalue weighted by atomic mass is 15.3. The van der Waals surface area contributed by atoms with Crippen LogP contribution in [0.1, 0.15) is 5.82 Å². The van der Waals surface area contributed by atoms with E-state index in [0.717, 1.165) is 72.3 Å². The molecule has 0 aliphatic heterocycles. The molecule has 0 unspecified atom stereocenters. The molecule has 0 saturated carbocycles. The summed E-state index contributed by atoms with van der Waals surface area (Å²) >= 11 is 0. The molecular weight excluding hydrogens is 749 g/mol. The van der Waals surface area contributed by atoms with Gasteiger partial charge in [0.15, 0.2) is 23.3 Å². The minimum absolute atomic E-state index is 0.483. The van der Waals surface area contributed by atoms with Gasteiger partial charge in [0.2, 0.25) is 5.95 Å². The van der Waals surface area contributed by atoms with Gasteiger partial charge in [-0.2, -0.15) is 9.97 Å². The Morgan fingerprint density at radius 2 is 0.918 bits per heavy atom. The van der Waals surface area contributed by atoms with Crippen LogP contribution in [0.15, 0.2) is 207 Å². The Bertz CT molecular complexity index is 3500. The fourth-order valence-corrected chi connectivity index (χ4v) is 8.44. The highest BCUT2D eigenvalue weighted by Gasteiger charge is 2.23. The van der Waals surface area contributed by atoms with Crippen LogP contribution in [-0.4, -0.2) is 38.9 Å². The van der Waals surface area contributed by atoms with Crippen LogP contribution >= 0.6 is 0 Å². The number of para-hydroxylation sites is 4. The van der Waals surface area contributed by atoms with Gasteiger partial charge >= 0.3 is 0 Å². The Kier molecular flexibility index (Phi) is 8.60. The third-order valence-electron chi connectivity index (χ3n) is 11.2. The van der Waals surface area contributed by atoms with E-state index in [1.807, 2.05) is 66.7 Å². The molecule has 288 valence electrons. The number of nitrogens with zero attached hydrogens (tertiary/aromatic N) is 8. The second-order valence-electron chi connectivity index (χ2n) is 14.7. The van der Waals surface area contributed by atoms with Crippen LogP contribution < -0.4 is 0 Å². The fourth-order valence-electron chi connectivity index (χ4n) is 8.44. The number of allylic oxidation sites excluding steroid dienone is 4. The first kappa shape index (κ1) is 35.7. The Labute approximate surface area is 351 Å². The van der Waals surface area contributed by atoms with E-state index in [0.29, 0.717) is 23.4 Å². The third-order valence-corrected chi connectivity index (χ3v) is 11.2. The summed E-state index contributed by atoms with van der Waals surface area (Å²) in [5.41, 5.74) is 9.61. The predicted molar refractivity (Wildman–Crippen MR) is 248 cm³/mol. The number of benzene rings is 7. The number of aromatic nitrogens is 8. The molecule has 4 heterocycles. The van der Waals surface area contributed by atoms with Crippen molar-refractivity contribution in [1.29, 1.82) is 0 Å². The minimum atomic E-state index is 0.483. The van der Waals surface area contributed by atoms with Gasteiger partial charge in [-0.25, -0.2) is 4.98 Å². The zero-order valence-electron chi connectivity index (χ0n) is 33.0. The SMILES string of the molecule is C=C/C=C(\C=C)c1nc(-c2ccccc2)nc(-n2c3ccccc3c3ccc(-c4nnc(-c5ccc6c7ccccc7n(-c7ccccc7)c6c5)n4-c4ccccc4)cc32)n1. The van der Waals surface area contributed by atoms with Crippen LogP contribution in [0.3, 0.4) is 0 Å². The van der Waals surface area contributed by atoms with Gasteiger partial charge < -0.3 is 4.57 Å². The zero-order valence-corrected chi connectivity index (χ0v) is 33.0. The van der Waals surface area contributed by atoms with Gasteiger partial charge in [0.1, 0.15) is 0 Å². The quantitative estimate of drug-likeness (QED) is 0.136. The maximum atomic E-state index is 5.12. The molecule has 7 aromatic carbocycles. The third kappa shape index (κ3) is 5.96. The largest absolute Gasteiger partial charge is 0.309 e. The number of rotatable bonds is 9. The first-order valence-electron chi connectivity index (χ1n) is 20.1. The molecule has 8 nitrogen and oxygen atoms in total. The molecule has 0 aliphatic rings. The van der Waals surface area contributed by atoms with Crippen molar-refractivity contribution >= 4 is 49.2 Å². The van der Waals surface area contributed by atoms with E-state index in [1.54, 1.807) is 12.2 Å². The molecule has 8 heteroatoms. The average molecular weight is 785 g/mol. The van der Waals surface area contributed by atoms with E-state index >= 15 is 0 Å². The molecule has 4 aromatic heterocycles. The lowest BCUT2D eigenvalue weighted by Crippen LogP contribution is -2.08. The van der Waals surface area contributed by atoms with Crippen LogP contribution in [0.25, 0.3) is 101 Å². The molecule has 0 amide bonds. The molecule has 0 spiro atoms. The van der Waals surface area contributed by atoms with E-state index in [2.05, 4.69) is 142 Å². The van der Waals surface area contributed by atoms with E-state index in [-0.39, 0.29) is 0 Å². The predicted octanol–water partition coefficient (Wildman–Crippen LogP) is 12.4.